The first-order valence-electron chi connectivity index (χ1n) is 22.9. The van der Waals surface area contributed by atoms with Gasteiger partial charge in [-0.15, -0.1) is 11.3 Å². The van der Waals surface area contributed by atoms with Crippen molar-refractivity contribution in [1.82, 2.24) is 0 Å². The van der Waals surface area contributed by atoms with Gasteiger partial charge in [0, 0.05) is 59.4 Å². The molecule has 1 aromatic heterocycles. The van der Waals surface area contributed by atoms with Gasteiger partial charge in [0.15, 0.2) is 0 Å². The van der Waals surface area contributed by atoms with Crippen molar-refractivity contribution in [3.05, 3.63) is 206 Å². The van der Waals surface area contributed by atoms with Gasteiger partial charge >= 0.3 is 0 Å². The molecule has 10 aromatic rings. The van der Waals surface area contributed by atoms with E-state index in [1.54, 1.807) is 5.56 Å². The van der Waals surface area contributed by atoms with Crippen LogP contribution in [0.3, 0.4) is 0 Å². The number of nitrogens with zero attached hydrogens (tertiary/aromatic N) is 2. The highest BCUT2D eigenvalue weighted by atomic mass is 32.1. The van der Waals surface area contributed by atoms with Crippen LogP contribution in [0, 0.1) is 23.2 Å². The van der Waals surface area contributed by atoms with E-state index in [0.717, 1.165) is 51.9 Å². The average molecular weight is 827 g/mol. The lowest BCUT2D eigenvalue weighted by molar-refractivity contribution is -0.198. The first-order valence-corrected chi connectivity index (χ1v) is 23.7. The summed E-state index contributed by atoms with van der Waals surface area (Å²) in [6.45, 7) is 0. The first-order chi connectivity index (χ1) is 31.1. The second kappa shape index (κ2) is 13.4. The van der Waals surface area contributed by atoms with E-state index in [1.165, 1.54) is 84.9 Å². The normalized spacial score (nSPS) is 22.9. The molecule has 0 saturated heterocycles. The van der Waals surface area contributed by atoms with Crippen molar-refractivity contribution >= 4 is 87.2 Å². The van der Waals surface area contributed by atoms with Gasteiger partial charge in [-0.25, -0.2) is 0 Å². The molecule has 5 unspecified atom stereocenters. The number of anilines is 6. The molecule has 4 saturated carbocycles. The van der Waals surface area contributed by atoms with Crippen LogP contribution >= 0.6 is 11.3 Å². The Balaban J connectivity index is 0.924. The van der Waals surface area contributed by atoms with Crippen LogP contribution < -0.4 is 9.80 Å². The second-order valence-electron chi connectivity index (χ2n) is 19.0. The van der Waals surface area contributed by atoms with Gasteiger partial charge in [-0.2, -0.15) is 0 Å². The smallest absolute Gasteiger partial charge is 0.0546 e. The molecule has 2 bridgehead atoms. The molecule has 1 heterocycles. The van der Waals surface area contributed by atoms with Gasteiger partial charge in [-0.3, -0.25) is 0 Å². The van der Waals surface area contributed by atoms with Crippen molar-refractivity contribution in [2.24, 2.45) is 23.2 Å². The summed E-state index contributed by atoms with van der Waals surface area (Å²) in [5.41, 5.74) is 12.2. The van der Waals surface area contributed by atoms with Crippen molar-refractivity contribution in [2.45, 2.75) is 37.5 Å². The molecular formula is C60H46N2S. The molecule has 0 amide bonds. The fraction of sp³-hybridized carbons (Fsp3) is 0.167. The maximum Gasteiger partial charge on any atom is 0.0546 e. The van der Waals surface area contributed by atoms with E-state index in [9.17, 15) is 0 Å². The standard InChI is InChI=1S/C60H46N2S/c1-4-14-45(15-5-1)61(46-16-6-2-7-17-46)48-27-29-52-53(34-48)50-20-11-10-13-41(50)32-55(52)62(47-18-8-3-9-19-47)49-28-30-56-54(35-49)58-51(21-12-22-57(58)63-56)40-23-25-42(26-24-40)59-36-39-31-43-33-44(38-59)60(43,59)37-39/h1-30,32,34-35,39,43-44H,31,33,36-38H2. The van der Waals surface area contributed by atoms with Gasteiger partial charge in [0.25, 0.3) is 0 Å². The van der Waals surface area contributed by atoms with Crippen LogP contribution in [0.5, 0.6) is 0 Å². The molecule has 9 aromatic carbocycles. The zero-order chi connectivity index (χ0) is 41.3. The fourth-order valence-corrected chi connectivity index (χ4v) is 15.0. The van der Waals surface area contributed by atoms with Gasteiger partial charge in [0.05, 0.1) is 5.69 Å². The molecule has 1 spiro atoms. The largest absolute Gasteiger partial charge is 0.310 e. The number of para-hydroxylation sites is 3. The zero-order valence-electron chi connectivity index (χ0n) is 35.1. The molecule has 0 N–H and O–H groups in total. The minimum Gasteiger partial charge on any atom is -0.310 e. The van der Waals surface area contributed by atoms with E-state index < -0.39 is 0 Å². The number of fused-ring (bicyclic) bond motifs is 7. The number of hydrogen-bond acceptors (Lipinski definition) is 3. The summed E-state index contributed by atoms with van der Waals surface area (Å²) in [5, 5.41) is 7.55. The lowest BCUT2D eigenvalue weighted by atomic mass is 9.31. The van der Waals surface area contributed by atoms with Crippen LogP contribution in [0.25, 0.3) is 52.8 Å². The Bertz CT molecular complexity index is 3370. The zero-order valence-corrected chi connectivity index (χ0v) is 35.9. The summed E-state index contributed by atoms with van der Waals surface area (Å²) in [7, 11) is 0. The molecule has 5 atom stereocenters. The second-order valence-corrected chi connectivity index (χ2v) is 20.1. The minimum absolute atomic E-state index is 0.455. The van der Waals surface area contributed by atoms with Crippen LogP contribution in [0.15, 0.2) is 200 Å². The van der Waals surface area contributed by atoms with Gasteiger partial charge in [-0.1, -0.05) is 121 Å². The third-order valence-electron chi connectivity index (χ3n) is 16.2. The highest BCUT2D eigenvalue weighted by Crippen LogP contribution is 2.86. The Labute approximate surface area is 372 Å². The van der Waals surface area contributed by atoms with E-state index in [2.05, 4.69) is 210 Å². The van der Waals surface area contributed by atoms with Crippen molar-refractivity contribution in [2.75, 3.05) is 9.80 Å². The summed E-state index contributed by atoms with van der Waals surface area (Å²) in [6.07, 6.45) is 7.38. The molecule has 4 fully saturated rings. The first kappa shape index (κ1) is 35.9. The average Bonchev–Trinajstić information content (AvgIpc) is 3.99. The molecule has 0 radical (unpaired) electrons. The van der Waals surface area contributed by atoms with Gasteiger partial charge in [-0.05, 0) is 167 Å². The number of thiophene rings is 1. The van der Waals surface area contributed by atoms with Crippen LogP contribution in [0.1, 0.15) is 37.7 Å². The Morgan fingerprint density at radius 3 is 1.83 bits per heavy atom. The van der Waals surface area contributed by atoms with E-state index in [-0.39, 0.29) is 0 Å². The predicted octanol–water partition coefficient (Wildman–Crippen LogP) is 17.0. The quantitative estimate of drug-likeness (QED) is 0.141. The van der Waals surface area contributed by atoms with Gasteiger partial charge in [0.1, 0.15) is 0 Å². The highest BCUT2D eigenvalue weighted by molar-refractivity contribution is 7.26. The molecule has 4 aliphatic rings. The van der Waals surface area contributed by atoms with E-state index in [4.69, 9.17) is 0 Å². The SMILES string of the molecule is c1ccc(N(c2ccccc2)c2ccc3c(N(c4ccccc4)c4ccc5sc6cccc(-c7ccc(C89CC%10CC%11CC(C8)C%119C%10)cc7)c6c5c4)cc4ccccc4c3c2)cc1. The molecule has 63 heavy (non-hydrogen) atoms. The number of hydrogen-bond donors (Lipinski definition) is 0. The fourth-order valence-electron chi connectivity index (χ4n) is 13.9. The van der Waals surface area contributed by atoms with Crippen molar-refractivity contribution in [3.63, 3.8) is 0 Å². The third kappa shape index (κ3) is 5.06. The van der Waals surface area contributed by atoms with Gasteiger partial charge in [0.2, 0.25) is 0 Å². The molecule has 302 valence electrons. The van der Waals surface area contributed by atoms with Crippen molar-refractivity contribution in [3.8, 4) is 11.1 Å². The summed E-state index contributed by atoms with van der Waals surface area (Å²) < 4.78 is 2.65. The minimum atomic E-state index is 0.455. The molecule has 4 aliphatic carbocycles. The summed E-state index contributed by atoms with van der Waals surface area (Å²) in [4.78, 5) is 4.84. The van der Waals surface area contributed by atoms with E-state index in [1.807, 2.05) is 11.3 Å². The summed E-state index contributed by atoms with van der Waals surface area (Å²) in [6, 6.07) is 74.7. The maximum atomic E-state index is 2.53. The van der Waals surface area contributed by atoms with E-state index >= 15 is 0 Å². The topological polar surface area (TPSA) is 6.48 Å². The number of rotatable bonds is 8. The maximum absolute atomic E-state index is 2.53. The molecule has 0 aliphatic heterocycles. The third-order valence-corrected chi connectivity index (χ3v) is 17.4. The van der Waals surface area contributed by atoms with Crippen LogP contribution in [0.2, 0.25) is 0 Å². The summed E-state index contributed by atoms with van der Waals surface area (Å²) in [5.74, 6) is 2.97. The van der Waals surface area contributed by atoms with Crippen LogP contribution in [-0.2, 0) is 5.41 Å². The van der Waals surface area contributed by atoms with Crippen molar-refractivity contribution < 1.29 is 0 Å². The lowest BCUT2D eigenvalue weighted by Gasteiger charge is -2.73. The Hall–Kier alpha value is -6.68. The molecular weight excluding hydrogens is 781 g/mol. The Kier molecular flexibility index (Phi) is 7.64. The predicted molar refractivity (Wildman–Crippen MR) is 267 cm³/mol. The summed E-state index contributed by atoms with van der Waals surface area (Å²) >= 11 is 1.91. The van der Waals surface area contributed by atoms with Crippen LogP contribution in [0.4, 0.5) is 34.1 Å². The van der Waals surface area contributed by atoms with Crippen molar-refractivity contribution in [1.29, 1.82) is 0 Å². The Morgan fingerprint density at radius 2 is 1.10 bits per heavy atom. The number of benzene rings is 9. The molecule has 14 rings (SSSR count). The molecule has 2 nitrogen and oxygen atoms in total. The Morgan fingerprint density at radius 1 is 0.429 bits per heavy atom. The highest BCUT2D eigenvalue weighted by Gasteiger charge is 2.80. The monoisotopic (exact) mass is 826 g/mol. The lowest BCUT2D eigenvalue weighted by Crippen LogP contribution is -2.68. The van der Waals surface area contributed by atoms with E-state index in [0.29, 0.717) is 10.8 Å². The van der Waals surface area contributed by atoms with Crippen LogP contribution in [-0.4, -0.2) is 0 Å². The van der Waals surface area contributed by atoms with Gasteiger partial charge < -0.3 is 9.80 Å². The molecule has 3 heteroatoms.